The van der Waals surface area contributed by atoms with Crippen molar-refractivity contribution >= 4 is 33.4 Å². The number of rotatable bonds is 2. The standard InChI is InChI=1S/C8H7BrN4O2/c9-5-3-13-2-4(1-6(14)15)11-8(13)7(10)12-5/h2-3H,1H2,(H2,10,12)(H,14,15). The van der Waals surface area contributed by atoms with Crippen LogP contribution in [0.25, 0.3) is 5.65 Å². The lowest BCUT2D eigenvalue weighted by Crippen LogP contribution is -1.99. The van der Waals surface area contributed by atoms with Crippen LogP contribution in [-0.2, 0) is 11.2 Å². The number of aliphatic carboxylic acids is 1. The fourth-order valence-electron chi connectivity index (χ4n) is 1.28. The highest BCUT2D eigenvalue weighted by Crippen LogP contribution is 2.15. The molecule has 0 atom stereocenters. The van der Waals surface area contributed by atoms with Crippen LogP contribution in [0.5, 0.6) is 0 Å². The maximum Gasteiger partial charge on any atom is 0.309 e. The zero-order chi connectivity index (χ0) is 11.0. The molecule has 0 fully saturated rings. The summed E-state index contributed by atoms with van der Waals surface area (Å²) in [7, 11) is 0. The van der Waals surface area contributed by atoms with E-state index in [1.54, 1.807) is 16.8 Å². The highest BCUT2D eigenvalue weighted by molar-refractivity contribution is 9.10. The summed E-state index contributed by atoms with van der Waals surface area (Å²) < 4.78 is 2.22. The van der Waals surface area contributed by atoms with E-state index in [0.29, 0.717) is 15.9 Å². The molecule has 2 heterocycles. The van der Waals surface area contributed by atoms with Gasteiger partial charge in [0.1, 0.15) is 4.60 Å². The number of fused-ring (bicyclic) bond motifs is 1. The lowest BCUT2D eigenvalue weighted by molar-refractivity contribution is -0.136. The molecule has 0 aliphatic heterocycles. The molecule has 0 bridgehead atoms. The highest BCUT2D eigenvalue weighted by Gasteiger charge is 2.09. The van der Waals surface area contributed by atoms with Gasteiger partial charge in [-0.3, -0.25) is 4.79 Å². The summed E-state index contributed by atoms with van der Waals surface area (Å²) >= 11 is 3.19. The molecule has 0 radical (unpaired) electrons. The van der Waals surface area contributed by atoms with Crippen LogP contribution in [0.15, 0.2) is 17.0 Å². The van der Waals surface area contributed by atoms with Crippen molar-refractivity contribution in [3.63, 3.8) is 0 Å². The van der Waals surface area contributed by atoms with Crippen LogP contribution in [0, 0.1) is 0 Å². The van der Waals surface area contributed by atoms with Crippen LogP contribution < -0.4 is 5.73 Å². The van der Waals surface area contributed by atoms with Crippen LogP contribution in [-0.4, -0.2) is 25.4 Å². The van der Waals surface area contributed by atoms with Crippen LogP contribution >= 0.6 is 15.9 Å². The number of hydrogen-bond acceptors (Lipinski definition) is 4. The topological polar surface area (TPSA) is 93.5 Å². The molecule has 0 spiro atoms. The van der Waals surface area contributed by atoms with Gasteiger partial charge in [-0.15, -0.1) is 0 Å². The number of hydrogen-bond donors (Lipinski definition) is 2. The third-order valence-corrected chi connectivity index (χ3v) is 2.20. The highest BCUT2D eigenvalue weighted by atomic mass is 79.9. The number of nitrogens with two attached hydrogens (primary N) is 1. The lowest BCUT2D eigenvalue weighted by Gasteiger charge is -1.96. The second kappa shape index (κ2) is 3.50. The number of aromatic nitrogens is 3. The first-order valence-corrected chi connectivity index (χ1v) is 4.87. The maximum absolute atomic E-state index is 10.5. The number of carboxylic acids is 1. The van der Waals surface area contributed by atoms with E-state index < -0.39 is 5.97 Å². The van der Waals surface area contributed by atoms with E-state index in [-0.39, 0.29) is 12.2 Å². The monoisotopic (exact) mass is 270 g/mol. The smallest absolute Gasteiger partial charge is 0.309 e. The van der Waals surface area contributed by atoms with Crippen molar-refractivity contribution in [1.82, 2.24) is 14.4 Å². The Kier molecular flexibility index (Phi) is 2.31. The predicted molar refractivity (Wildman–Crippen MR) is 56.4 cm³/mol. The van der Waals surface area contributed by atoms with Crippen LogP contribution in [0.3, 0.4) is 0 Å². The summed E-state index contributed by atoms with van der Waals surface area (Å²) in [6.45, 7) is 0. The molecule has 2 rings (SSSR count). The van der Waals surface area contributed by atoms with E-state index >= 15 is 0 Å². The van der Waals surface area contributed by atoms with E-state index in [9.17, 15) is 4.79 Å². The zero-order valence-corrected chi connectivity index (χ0v) is 9.10. The van der Waals surface area contributed by atoms with Crippen molar-refractivity contribution in [3.8, 4) is 0 Å². The summed E-state index contributed by atoms with van der Waals surface area (Å²) in [4.78, 5) is 18.5. The number of nitrogen functional groups attached to an aromatic ring is 1. The molecule has 0 aliphatic rings. The van der Waals surface area contributed by atoms with Gasteiger partial charge < -0.3 is 15.2 Å². The van der Waals surface area contributed by atoms with Gasteiger partial charge in [0.15, 0.2) is 11.5 Å². The number of imidazole rings is 1. The van der Waals surface area contributed by atoms with Gasteiger partial charge in [-0.2, -0.15) is 0 Å². The van der Waals surface area contributed by atoms with Crippen molar-refractivity contribution in [3.05, 3.63) is 22.7 Å². The van der Waals surface area contributed by atoms with E-state index in [2.05, 4.69) is 25.9 Å². The van der Waals surface area contributed by atoms with Crippen LogP contribution in [0.1, 0.15) is 5.69 Å². The van der Waals surface area contributed by atoms with Gasteiger partial charge in [-0.1, -0.05) is 0 Å². The lowest BCUT2D eigenvalue weighted by atomic mass is 10.3. The molecule has 0 unspecified atom stereocenters. The van der Waals surface area contributed by atoms with Crippen LogP contribution in [0.2, 0.25) is 0 Å². The quantitative estimate of drug-likeness (QED) is 0.838. The molecule has 0 saturated carbocycles. The fraction of sp³-hybridized carbons (Fsp3) is 0.125. The molecule has 0 amide bonds. The van der Waals surface area contributed by atoms with E-state index in [0.717, 1.165) is 0 Å². The maximum atomic E-state index is 10.5. The molecule has 2 aromatic heterocycles. The minimum Gasteiger partial charge on any atom is -0.481 e. The van der Waals surface area contributed by atoms with Crippen LogP contribution in [0.4, 0.5) is 5.82 Å². The van der Waals surface area contributed by atoms with Gasteiger partial charge in [0.05, 0.1) is 12.1 Å². The largest absolute Gasteiger partial charge is 0.481 e. The molecule has 0 aromatic carbocycles. The zero-order valence-electron chi connectivity index (χ0n) is 7.51. The first-order valence-electron chi connectivity index (χ1n) is 4.07. The summed E-state index contributed by atoms with van der Waals surface area (Å²) in [5.74, 6) is -0.662. The Bertz CT molecular complexity index is 537. The average molecular weight is 271 g/mol. The van der Waals surface area contributed by atoms with Gasteiger partial charge >= 0.3 is 5.97 Å². The van der Waals surface area contributed by atoms with Crippen molar-refractivity contribution < 1.29 is 9.90 Å². The normalized spacial score (nSPS) is 10.7. The van der Waals surface area contributed by atoms with Gasteiger partial charge in [0.25, 0.3) is 0 Å². The number of carbonyl (C=O) groups is 1. The summed E-state index contributed by atoms with van der Waals surface area (Å²) in [5, 5.41) is 8.61. The van der Waals surface area contributed by atoms with Crippen molar-refractivity contribution in [2.75, 3.05) is 5.73 Å². The molecule has 7 heteroatoms. The van der Waals surface area contributed by atoms with Crippen molar-refractivity contribution in [2.45, 2.75) is 6.42 Å². The Morgan fingerprint density at radius 2 is 2.27 bits per heavy atom. The second-order valence-electron chi connectivity index (χ2n) is 2.98. The number of carboxylic acid groups (broad SMARTS) is 1. The molecular formula is C8H7BrN4O2. The second-order valence-corrected chi connectivity index (χ2v) is 3.79. The minimum absolute atomic E-state index is 0.126. The first-order chi connectivity index (χ1) is 7.06. The number of halogens is 1. The minimum atomic E-state index is -0.927. The molecule has 0 aliphatic carbocycles. The average Bonchev–Trinajstić information content (AvgIpc) is 2.45. The van der Waals surface area contributed by atoms with Gasteiger partial charge in [0, 0.05) is 12.4 Å². The van der Waals surface area contributed by atoms with E-state index in [1.807, 2.05) is 0 Å². The van der Waals surface area contributed by atoms with Gasteiger partial charge in [0.2, 0.25) is 0 Å². The van der Waals surface area contributed by atoms with Crippen molar-refractivity contribution in [1.29, 1.82) is 0 Å². The van der Waals surface area contributed by atoms with E-state index in [4.69, 9.17) is 10.8 Å². The molecule has 15 heavy (non-hydrogen) atoms. The third-order valence-electron chi connectivity index (χ3n) is 1.82. The Labute approximate surface area is 92.9 Å². The Hall–Kier alpha value is -1.63. The Morgan fingerprint density at radius 3 is 2.93 bits per heavy atom. The molecule has 78 valence electrons. The van der Waals surface area contributed by atoms with Crippen molar-refractivity contribution in [2.24, 2.45) is 0 Å². The number of nitrogens with zero attached hydrogens (tertiary/aromatic N) is 3. The van der Waals surface area contributed by atoms with Gasteiger partial charge in [-0.05, 0) is 15.9 Å². The molecule has 6 nitrogen and oxygen atoms in total. The molecular weight excluding hydrogens is 264 g/mol. The summed E-state index contributed by atoms with van der Waals surface area (Å²) in [6.07, 6.45) is 3.16. The molecule has 2 aromatic rings. The number of anilines is 1. The van der Waals surface area contributed by atoms with Gasteiger partial charge in [-0.25, -0.2) is 9.97 Å². The molecule has 3 N–H and O–H groups in total. The molecule has 0 saturated heterocycles. The predicted octanol–water partition coefficient (Wildman–Crippen LogP) is 0.701. The Balaban J connectivity index is 2.55. The fourth-order valence-corrected chi connectivity index (χ4v) is 1.69. The Morgan fingerprint density at radius 1 is 1.53 bits per heavy atom. The third kappa shape index (κ3) is 1.91. The summed E-state index contributed by atoms with van der Waals surface area (Å²) in [6, 6.07) is 0. The first kappa shape index (κ1) is 9.91. The van der Waals surface area contributed by atoms with E-state index in [1.165, 1.54) is 0 Å². The SMILES string of the molecule is Nc1nc(Br)cn2cc(CC(=O)O)nc12. The summed E-state index contributed by atoms with van der Waals surface area (Å²) in [5.41, 5.74) is 6.55.